The van der Waals surface area contributed by atoms with E-state index >= 15 is 0 Å². The summed E-state index contributed by atoms with van der Waals surface area (Å²) in [6, 6.07) is 14.3. The van der Waals surface area contributed by atoms with Crippen molar-refractivity contribution < 1.29 is 9.32 Å². The van der Waals surface area contributed by atoms with Gasteiger partial charge in [0.15, 0.2) is 0 Å². The molecule has 1 fully saturated rings. The molecule has 2 aromatic carbocycles. The lowest BCUT2D eigenvalue weighted by atomic mass is 9.90. The number of piperidine rings is 1. The van der Waals surface area contributed by atoms with Gasteiger partial charge in [0.1, 0.15) is 0 Å². The quantitative estimate of drug-likeness (QED) is 0.420. The number of nitrogens with one attached hydrogen (secondary N) is 1. The van der Waals surface area contributed by atoms with E-state index < -0.39 is 0 Å². The molecule has 1 amide bonds. The summed E-state index contributed by atoms with van der Waals surface area (Å²) in [4.78, 5) is 20.1. The lowest BCUT2D eigenvalue weighted by Crippen LogP contribution is -2.44. The van der Waals surface area contributed by atoms with E-state index in [-0.39, 0.29) is 17.9 Å². The van der Waals surface area contributed by atoms with Crippen LogP contribution >= 0.6 is 15.9 Å². The molecule has 2 heterocycles. The second kappa shape index (κ2) is 10.8. The van der Waals surface area contributed by atoms with Gasteiger partial charge in [-0.05, 0) is 62.4 Å². The van der Waals surface area contributed by atoms with Crippen LogP contribution in [-0.2, 0) is 11.3 Å². The van der Waals surface area contributed by atoms with Crippen molar-refractivity contribution in [3.8, 4) is 11.4 Å². The van der Waals surface area contributed by atoms with Crippen molar-refractivity contribution in [2.75, 3.05) is 13.1 Å². The number of hydrogen-bond donors (Lipinski definition) is 1. The molecule has 0 bridgehead atoms. The number of benzene rings is 2. The van der Waals surface area contributed by atoms with Crippen LogP contribution < -0.4 is 5.32 Å². The van der Waals surface area contributed by atoms with E-state index in [0.717, 1.165) is 29.4 Å². The predicted molar refractivity (Wildman–Crippen MR) is 137 cm³/mol. The van der Waals surface area contributed by atoms with Gasteiger partial charge in [0, 0.05) is 16.6 Å². The zero-order chi connectivity index (χ0) is 24.2. The van der Waals surface area contributed by atoms with E-state index in [1.807, 2.05) is 24.3 Å². The fraction of sp³-hybridized carbons (Fsp3) is 0.444. The summed E-state index contributed by atoms with van der Waals surface area (Å²) in [5.41, 5.74) is 4.57. The minimum Gasteiger partial charge on any atom is -0.349 e. The second-order valence-electron chi connectivity index (χ2n) is 9.69. The SMILES string of the molecule is Cc1ccc(C(NC(=O)C2CCCN(Cc3nc(-c4cccc(Br)c4)no3)C2)C(C)C)c(C)c1. The fourth-order valence-electron chi connectivity index (χ4n) is 4.72. The number of rotatable bonds is 7. The van der Waals surface area contributed by atoms with Crippen molar-refractivity contribution in [1.82, 2.24) is 20.4 Å². The Morgan fingerprint density at radius 1 is 1.24 bits per heavy atom. The number of carbonyl (C=O) groups excluding carboxylic acids is 1. The van der Waals surface area contributed by atoms with Crippen LogP contribution in [0.25, 0.3) is 11.4 Å². The highest BCUT2D eigenvalue weighted by molar-refractivity contribution is 9.10. The van der Waals surface area contributed by atoms with Crippen LogP contribution in [0, 0.1) is 25.7 Å². The Hall–Kier alpha value is -2.51. The van der Waals surface area contributed by atoms with Crippen LogP contribution in [-0.4, -0.2) is 34.0 Å². The maximum atomic E-state index is 13.3. The molecule has 1 aromatic heterocycles. The number of hydrogen-bond acceptors (Lipinski definition) is 5. The molecule has 2 atom stereocenters. The zero-order valence-electron chi connectivity index (χ0n) is 20.3. The van der Waals surface area contributed by atoms with Gasteiger partial charge in [0.2, 0.25) is 17.6 Å². The zero-order valence-corrected chi connectivity index (χ0v) is 21.9. The van der Waals surface area contributed by atoms with Crippen molar-refractivity contribution in [2.24, 2.45) is 11.8 Å². The lowest BCUT2D eigenvalue weighted by Gasteiger charge is -2.33. The van der Waals surface area contributed by atoms with E-state index in [9.17, 15) is 4.79 Å². The molecule has 4 rings (SSSR count). The summed E-state index contributed by atoms with van der Waals surface area (Å²) in [5, 5.41) is 7.50. The van der Waals surface area contributed by atoms with Crippen LogP contribution in [0.1, 0.15) is 55.3 Å². The van der Waals surface area contributed by atoms with Gasteiger partial charge in [-0.25, -0.2) is 0 Å². The van der Waals surface area contributed by atoms with E-state index in [0.29, 0.717) is 30.7 Å². The summed E-state index contributed by atoms with van der Waals surface area (Å²) in [6.07, 6.45) is 1.87. The summed E-state index contributed by atoms with van der Waals surface area (Å²) < 4.78 is 6.49. The number of carbonyl (C=O) groups is 1. The second-order valence-corrected chi connectivity index (χ2v) is 10.6. The van der Waals surface area contributed by atoms with E-state index in [2.05, 4.69) is 82.2 Å². The number of amides is 1. The predicted octanol–water partition coefficient (Wildman–Crippen LogP) is 5.84. The van der Waals surface area contributed by atoms with Crippen molar-refractivity contribution >= 4 is 21.8 Å². The molecule has 7 heteroatoms. The highest BCUT2D eigenvalue weighted by Gasteiger charge is 2.29. The number of aromatic nitrogens is 2. The first kappa shape index (κ1) is 24.6. The summed E-state index contributed by atoms with van der Waals surface area (Å²) >= 11 is 3.48. The van der Waals surface area contributed by atoms with Gasteiger partial charge >= 0.3 is 0 Å². The third-order valence-electron chi connectivity index (χ3n) is 6.51. The number of halogens is 1. The number of aryl methyl sites for hydroxylation is 2. The molecular formula is C27H33BrN4O2. The van der Waals surface area contributed by atoms with E-state index in [1.165, 1.54) is 16.7 Å². The molecule has 1 aliphatic heterocycles. The fourth-order valence-corrected chi connectivity index (χ4v) is 5.12. The van der Waals surface area contributed by atoms with E-state index in [4.69, 9.17) is 4.52 Å². The maximum Gasteiger partial charge on any atom is 0.241 e. The monoisotopic (exact) mass is 524 g/mol. The van der Waals surface area contributed by atoms with Gasteiger partial charge in [0.25, 0.3) is 0 Å². The van der Waals surface area contributed by atoms with E-state index in [1.54, 1.807) is 0 Å². The molecule has 3 aromatic rings. The lowest BCUT2D eigenvalue weighted by molar-refractivity contribution is -0.128. The normalized spacial score (nSPS) is 17.6. The van der Waals surface area contributed by atoms with Crippen molar-refractivity contribution in [3.63, 3.8) is 0 Å². The average Bonchev–Trinajstić information content (AvgIpc) is 3.26. The molecule has 2 unspecified atom stereocenters. The summed E-state index contributed by atoms with van der Waals surface area (Å²) in [5.74, 6) is 1.54. The smallest absolute Gasteiger partial charge is 0.241 e. The molecule has 1 N–H and O–H groups in total. The maximum absolute atomic E-state index is 13.3. The number of likely N-dealkylation sites (tertiary alicyclic amines) is 1. The third kappa shape index (κ3) is 5.94. The van der Waals surface area contributed by atoms with Crippen LogP contribution in [0.2, 0.25) is 0 Å². The highest BCUT2D eigenvalue weighted by atomic mass is 79.9. The Labute approximate surface area is 210 Å². The van der Waals surface area contributed by atoms with Crippen LogP contribution in [0.5, 0.6) is 0 Å². The Bertz CT molecular complexity index is 1140. The third-order valence-corrected chi connectivity index (χ3v) is 7.00. The molecule has 0 aliphatic carbocycles. The van der Waals surface area contributed by atoms with Crippen molar-refractivity contribution in [3.05, 3.63) is 69.5 Å². The van der Waals surface area contributed by atoms with Gasteiger partial charge in [-0.1, -0.05) is 70.8 Å². The molecule has 0 radical (unpaired) electrons. The first-order valence-electron chi connectivity index (χ1n) is 12.0. The van der Waals surface area contributed by atoms with Crippen molar-refractivity contribution in [1.29, 1.82) is 0 Å². The standard InChI is InChI=1S/C27H33BrN4O2/c1-17(2)25(23-11-10-18(3)13-19(23)4)30-27(33)21-8-6-12-32(15-21)16-24-29-26(31-34-24)20-7-5-9-22(28)14-20/h5,7,9-11,13-14,17,21,25H,6,8,12,15-16H2,1-4H3,(H,30,33). The Kier molecular flexibility index (Phi) is 7.84. The minimum atomic E-state index is -0.0479. The molecule has 1 aliphatic rings. The summed E-state index contributed by atoms with van der Waals surface area (Å²) in [6.45, 7) is 10.7. The minimum absolute atomic E-state index is 0.00664. The molecular weight excluding hydrogens is 492 g/mol. The van der Waals surface area contributed by atoms with Crippen LogP contribution in [0.3, 0.4) is 0 Å². The Balaban J connectivity index is 1.40. The van der Waals surface area contributed by atoms with Gasteiger partial charge in [-0.15, -0.1) is 0 Å². The van der Waals surface area contributed by atoms with Gasteiger partial charge in [0.05, 0.1) is 18.5 Å². The molecule has 0 spiro atoms. The summed E-state index contributed by atoms with van der Waals surface area (Å²) in [7, 11) is 0. The van der Waals surface area contributed by atoms with Gasteiger partial charge in [-0.3, -0.25) is 9.69 Å². The average molecular weight is 525 g/mol. The molecule has 1 saturated heterocycles. The Morgan fingerprint density at radius 2 is 2.06 bits per heavy atom. The van der Waals surface area contributed by atoms with Gasteiger partial charge < -0.3 is 9.84 Å². The molecule has 180 valence electrons. The Morgan fingerprint density at radius 3 is 2.79 bits per heavy atom. The molecule has 34 heavy (non-hydrogen) atoms. The first-order chi connectivity index (χ1) is 16.3. The number of nitrogens with zero attached hydrogens (tertiary/aromatic N) is 3. The highest BCUT2D eigenvalue weighted by Crippen LogP contribution is 2.27. The largest absolute Gasteiger partial charge is 0.349 e. The molecule has 0 saturated carbocycles. The first-order valence-corrected chi connectivity index (χ1v) is 12.8. The molecule has 6 nitrogen and oxygen atoms in total. The van der Waals surface area contributed by atoms with Crippen LogP contribution in [0.4, 0.5) is 0 Å². The topological polar surface area (TPSA) is 71.3 Å². The van der Waals surface area contributed by atoms with Crippen molar-refractivity contribution in [2.45, 2.75) is 53.1 Å². The van der Waals surface area contributed by atoms with Crippen LogP contribution in [0.15, 0.2) is 51.5 Å². The van der Waals surface area contributed by atoms with Gasteiger partial charge in [-0.2, -0.15) is 4.98 Å².